The Labute approximate surface area is 170 Å². The number of para-hydroxylation sites is 1. The minimum atomic E-state index is -0.867. The number of hydrogen-bond acceptors (Lipinski definition) is 4. The number of rotatable bonds is 7. The molecule has 2 N–H and O–H groups in total. The van der Waals surface area contributed by atoms with Gasteiger partial charge < -0.3 is 15.4 Å². The van der Waals surface area contributed by atoms with E-state index in [0.29, 0.717) is 13.2 Å². The van der Waals surface area contributed by atoms with Gasteiger partial charge in [-0.1, -0.05) is 42.5 Å². The number of anilines is 1. The lowest BCUT2D eigenvalue weighted by Gasteiger charge is -2.33. The van der Waals surface area contributed by atoms with E-state index in [4.69, 9.17) is 4.74 Å². The Hall–Kier alpha value is -2.77. The molecule has 154 valence electrons. The first-order chi connectivity index (χ1) is 14.1. The number of carbonyl (C=O) groups excluding carboxylic acids is 2. The molecular weight excluding hydrogens is 373 g/mol. The van der Waals surface area contributed by atoms with Crippen LogP contribution >= 0.6 is 0 Å². The van der Waals surface area contributed by atoms with Gasteiger partial charge in [0.2, 0.25) is 0 Å². The molecule has 0 radical (unpaired) electrons. The molecule has 0 bridgehead atoms. The van der Waals surface area contributed by atoms with Crippen LogP contribution in [-0.2, 0) is 14.3 Å². The molecule has 6 nitrogen and oxygen atoms in total. The van der Waals surface area contributed by atoms with E-state index in [9.17, 15) is 14.0 Å². The average molecular weight is 399 g/mol. The monoisotopic (exact) mass is 399 g/mol. The number of halogens is 1. The van der Waals surface area contributed by atoms with Crippen LogP contribution in [0.15, 0.2) is 54.6 Å². The van der Waals surface area contributed by atoms with Gasteiger partial charge >= 0.3 is 11.8 Å². The summed E-state index contributed by atoms with van der Waals surface area (Å²) < 4.78 is 19.4. The van der Waals surface area contributed by atoms with Gasteiger partial charge in [0, 0.05) is 19.6 Å². The van der Waals surface area contributed by atoms with E-state index in [1.165, 1.54) is 23.8 Å². The molecule has 1 unspecified atom stereocenters. The maximum atomic E-state index is 13.5. The van der Waals surface area contributed by atoms with Gasteiger partial charge in [0.15, 0.2) is 0 Å². The van der Waals surface area contributed by atoms with Crippen LogP contribution in [0.3, 0.4) is 0 Å². The molecule has 1 atom stereocenters. The zero-order valence-corrected chi connectivity index (χ0v) is 16.3. The standard InChI is InChI=1S/C22H26FN3O3/c23-18-10-4-5-11-19(18)25-22(28)21(27)24-12-6-7-13-26-14-15-29-20(16-26)17-8-2-1-3-9-17/h1-5,8-11,20H,6-7,12-16H2,(H,24,27)(H,25,28). The lowest BCUT2D eigenvalue weighted by molar-refractivity contribution is -0.136. The third-order valence-electron chi connectivity index (χ3n) is 4.84. The second-order valence-electron chi connectivity index (χ2n) is 6.97. The summed E-state index contributed by atoms with van der Waals surface area (Å²) in [4.78, 5) is 26.0. The highest BCUT2D eigenvalue weighted by molar-refractivity contribution is 6.39. The normalized spacial score (nSPS) is 16.9. The van der Waals surface area contributed by atoms with E-state index in [0.717, 1.165) is 32.5 Å². The summed E-state index contributed by atoms with van der Waals surface area (Å²) in [6.45, 7) is 3.74. The molecule has 1 saturated heterocycles. The van der Waals surface area contributed by atoms with Gasteiger partial charge in [0.05, 0.1) is 18.4 Å². The Bertz CT molecular complexity index is 816. The van der Waals surface area contributed by atoms with Crippen molar-refractivity contribution in [2.75, 3.05) is 38.1 Å². The van der Waals surface area contributed by atoms with E-state index in [2.05, 4.69) is 27.7 Å². The predicted molar refractivity (Wildman–Crippen MR) is 109 cm³/mol. The largest absolute Gasteiger partial charge is 0.371 e. The molecule has 0 spiro atoms. The molecule has 0 saturated carbocycles. The maximum Gasteiger partial charge on any atom is 0.313 e. The van der Waals surface area contributed by atoms with Crippen molar-refractivity contribution in [1.29, 1.82) is 0 Å². The predicted octanol–water partition coefficient (Wildman–Crippen LogP) is 2.73. The number of nitrogens with zero attached hydrogens (tertiary/aromatic N) is 1. The summed E-state index contributed by atoms with van der Waals surface area (Å²) in [5, 5.41) is 4.85. The number of carbonyl (C=O) groups is 2. The van der Waals surface area contributed by atoms with E-state index >= 15 is 0 Å². The molecule has 2 aromatic carbocycles. The Morgan fingerprint density at radius 1 is 1.03 bits per heavy atom. The van der Waals surface area contributed by atoms with Crippen LogP contribution in [0, 0.1) is 5.82 Å². The molecule has 1 fully saturated rings. The summed E-state index contributed by atoms with van der Waals surface area (Å²) in [7, 11) is 0. The van der Waals surface area contributed by atoms with Crippen molar-refractivity contribution in [3.05, 3.63) is 66.0 Å². The molecular formula is C22H26FN3O3. The van der Waals surface area contributed by atoms with Crippen molar-refractivity contribution in [3.63, 3.8) is 0 Å². The molecule has 29 heavy (non-hydrogen) atoms. The van der Waals surface area contributed by atoms with Gasteiger partial charge in [0.1, 0.15) is 5.82 Å². The Balaban J connectivity index is 1.32. The van der Waals surface area contributed by atoms with E-state index in [1.807, 2.05) is 18.2 Å². The number of nitrogens with one attached hydrogen (secondary N) is 2. The number of unbranched alkanes of at least 4 members (excludes halogenated alkanes) is 1. The fourth-order valence-electron chi connectivity index (χ4n) is 3.26. The number of ether oxygens (including phenoxy) is 1. The first-order valence-electron chi connectivity index (χ1n) is 9.86. The highest BCUT2D eigenvalue weighted by Crippen LogP contribution is 2.22. The van der Waals surface area contributed by atoms with Crippen molar-refractivity contribution >= 4 is 17.5 Å². The van der Waals surface area contributed by atoms with Gasteiger partial charge in [-0.15, -0.1) is 0 Å². The van der Waals surface area contributed by atoms with Crippen molar-refractivity contribution in [1.82, 2.24) is 10.2 Å². The summed E-state index contributed by atoms with van der Waals surface area (Å²) in [6, 6.07) is 15.9. The first-order valence-corrected chi connectivity index (χ1v) is 9.86. The van der Waals surface area contributed by atoms with E-state index < -0.39 is 17.6 Å². The molecule has 2 amide bonds. The SMILES string of the molecule is O=C(NCCCCN1CCOC(c2ccccc2)C1)C(=O)Nc1ccccc1F. The van der Waals surface area contributed by atoms with Gasteiger partial charge in [-0.25, -0.2) is 4.39 Å². The smallest absolute Gasteiger partial charge is 0.313 e. The number of morpholine rings is 1. The van der Waals surface area contributed by atoms with Crippen LogP contribution in [0.2, 0.25) is 0 Å². The highest BCUT2D eigenvalue weighted by atomic mass is 19.1. The van der Waals surface area contributed by atoms with Crippen LogP contribution in [0.5, 0.6) is 0 Å². The van der Waals surface area contributed by atoms with Crippen molar-refractivity contribution < 1.29 is 18.7 Å². The topological polar surface area (TPSA) is 70.7 Å². The van der Waals surface area contributed by atoms with Crippen LogP contribution in [-0.4, -0.2) is 49.5 Å². The summed E-state index contributed by atoms with van der Waals surface area (Å²) in [6.07, 6.45) is 1.75. The molecule has 1 heterocycles. The van der Waals surface area contributed by atoms with Crippen molar-refractivity contribution in [2.45, 2.75) is 18.9 Å². The van der Waals surface area contributed by atoms with Crippen LogP contribution in [0.4, 0.5) is 10.1 Å². The van der Waals surface area contributed by atoms with Crippen LogP contribution < -0.4 is 10.6 Å². The second kappa shape index (κ2) is 10.7. The zero-order valence-electron chi connectivity index (χ0n) is 16.3. The second-order valence-corrected chi connectivity index (χ2v) is 6.97. The van der Waals surface area contributed by atoms with E-state index in [-0.39, 0.29) is 11.8 Å². The third kappa shape index (κ3) is 6.37. The van der Waals surface area contributed by atoms with Crippen LogP contribution in [0.1, 0.15) is 24.5 Å². The number of benzene rings is 2. The van der Waals surface area contributed by atoms with Gasteiger partial charge in [-0.3, -0.25) is 14.5 Å². The fourth-order valence-corrected chi connectivity index (χ4v) is 3.26. The molecule has 1 aliphatic rings. The minimum Gasteiger partial charge on any atom is -0.371 e. The minimum absolute atomic E-state index is 0.00654. The Kier molecular flexibility index (Phi) is 7.72. The summed E-state index contributed by atoms with van der Waals surface area (Å²) in [5.74, 6) is -2.20. The fraction of sp³-hybridized carbons (Fsp3) is 0.364. The van der Waals surface area contributed by atoms with Crippen molar-refractivity contribution in [3.8, 4) is 0 Å². The van der Waals surface area contributed by atoms with Crippen molar-refractivity contribution in [2.24, 2.45) is 0 Å². The third-order valence-corrected chi connectivity index (χ3v) is 4.84. The average Bonchev–Trinajstić information content (AvgIpc) is 2.76. The Morgan fingerprint density at radius 3 is 2.59 bits per heavy atom. The van der Waals surface area contributed by atoms with Gasteiger partial charge in [-0.2, -0.15) is 0 Å². The van der Waals surface area contributed by atoms with Gasteiger partial charge in [-0.05, 0) is 37.1 Å². The highest BCUT2D eigenvalue weighted by Gasteiger charge is 2.21. The lowest BCUT2D eigenvalue weighted by Crippen LogP contribution is -2.39. The number of hydrogen-bond donors (Lipinski definition) is 2. The maximum absolute atomic E-state index is 13.5. The lowest BCUT2D eigenvalue weighted by atomic mass is 10.1. The number of amides is 2. The molecule has 2 aromatic rings. The first kappa shape index (κ1) is 21.0. The molecule has 3 rings (SSSR count). The quantitative estimate of drug-likeness (QED) is 0.555. The summed E-state index contributed by atoms with van der Waals surface area (Å²) >= 11 is 0. The van der Waals surface area contributed by atoms with Gasteiger partial charge in [0.25, 0.3) is 0 Å². The molecule has 1 aliphatic heterocycles. The van der Waals surface area contributed by atoms with E-state index in [1.54, 1.807) is 6.07 Å². The summed E-state index contributed by atoms with van der Waals surface area (Å²) in [5.41, 5.74) is 1.18. The van der Waals surface area contributed by atoms with Crippen LogP contribution in [0.25, 0.3) is 0 Å². The molecule has 0 aromatic heterocycles. The molecule has 0 aliphatic carbocycles. The Morgan fingerprint density at radius 2 is 1.79 bits per heavy atom. The molecule has 7 heteroatoms. The zero-order chi connectivity index (χ0) is 20.5.